The third kappa shape index (κ3) is 3.77. The van der Waals surface area contributed by atoms with E-state index in [4.69, 9.17) is 0 Å². The first-order chi connectivity index (χ1) is 9.81. The maximum atomic E-state index is 3.46. The molecule has 5 heteroatoms. The molecule has 3 nitrogen and oxygen atoms in total. The van der Waals surface area contributed by atoms with E-state index in [1.165, 1.54) is 22.9 Å². The summed E-state index contributed by atoms with van der Waals surface area (Å²) >= 11 is 0. The van der Waals surface area contributed by atoms with E-state index in [2.05, 4.69) is 59.5 Å². The lowest BCUT2D eigenvalue weighted by Gasteiger charge is -2.38. The van der Waals surface area contributed by atoms with Gasteiger partial charge in [0.15, 0.2) is 0 Å². The second-order valence-electron chi connectivity index (χ2n) is 5.91. The van der Waals surface area contributed by atoms with Gasteiger partial charge in [0, 0.05) is 49.3 Å². The van der Waals surface area contributed by atoms with Crippen LogP contribution in [0.2, 0.25) is 0 Å². The molecule has 1 saturated heterocycles. The quantitative estimate of drug-likeness (QED) is 0.878. The molecule has 0 saturated carbocycles. The normalized spacial score (nSPS) is 18.3. The smallest absolute Gasteiger partial charge is 0.0457 e. The third-order valence-electron chi connectivity index (χ3n) is 4.67. The van der Waals surface area contributed by atoms with Gasteiger partial charge in [0.2, 0.25) is 0 Å². The summed E-state index contributed by atoms with van der Waals surface area (Å²) in [6, 6.07) is 9.19. The molecule has 1 aliphatic heterocycles. The molecule has 3 rings (SSSR count). The van der Waals surface area contributed by atoms with E-state index < -0.39 is 0 Å². The number of hydrogen-bond donors (Lipinski definition) is 2. The van der Waals surface area contributed by atoms with Crippen LogP contribution in [0.1, 0.15) is 31.9 Å². The van der Waals surface area contributed by atoms with Crippen LogP contribution in [0.3, 0.4) is 0 Å². The molecule has 0 radical (unpaired) electrons. The molecule has 1 aromatic heterocycles. The number of aromatic nitrogens is 1. The fourth-order valence-electron chi connectivity index (χ4n) is 3.39. The summed E-state index contributed by atoms with van der Waals surface area (Å²) in [4.78, 5) is 6.10. The minimum Gasteiger partial charge on any atom is -0.361 e. The maximum absolute atomic E-state index is 3.46. The van der Waals surface area contributed by atoms with Crippen LogP contribution in [-0.2, 0) is 0 Å². The first kappa shape index (κ1) is 19.3. The molecule has 22 heavy (non-hydrogen) atoms. The Morgan fingerprint density at radius 2 is 1.82 bits per heavy atom. The van der Waals surface area contributed by atoms with E-state index >= 15 is 0 Å². The summed E-state index contributed by atoms with van der Waals surface area (Å²) in [5, 5.41) is 4.85. The Morgan fingerprint density at radius 1 is 1.14 bits per heavy atom. The molecular formula is C17H27Cl2N3. The molecule has 0 aliphatic carbocycles. The lowest BCUT2D eigenvalue weighted by atomic mass is 9.90. The molecular weight excluding hydrogens is 317 g/mol. The maximum Gasteiger partial charge on any atom is 0.0457 e. The average molecular weight is 344 g/mol. The largest absolute Gasteiger partial charge is 0.361 e. The van der Waals surface area contributed by atoms with Crippen molar-refractivity contribution in [3.8, 4) is 0 Å². The van der Waals surface area contributed by atoms with Gasteiger partial charge in [-0.25, -0.2) is 0 Å². The van der Waals surface area contributed by atoms with Crippen LogP contribution in [0, 0.1) is 5.92 Å². The van der Waals surface area contributed by atoms with Crippen molar-refractivity contribution in [2.24, 2.45) is 5.92 Å². The summed E-state index contributed by atoms with van der Waals surface area (Å²) in [6.07, 6.45) is 3.44. The lowest BCUT2D eigenvalue weighted by Crippen LogP contribution is -2.46. The predicted octanol–water partition coefficient (Wildman–Crippen LogP) is 4.00. The van der Waals surface area contributed by atoms with Crippen LogP contribution in [0.4, 0.5) is 0 Å². The number of rotatable bonds is 4. The molecule has 1 aliphatic rings. The average Bonchev–Trinajstić information content (AvgIpc) is 2.92. The van der Waals surface area contributed by atoms with Crippen LogP contribution in [0.15, 0.2) is 30.5 Å². The highest BCUT2D eigenvalue weighted by Crippen LogP contribution is 2.35. The van der Waals surface area contributed by atoms with Crippen LogP contribution < -0.4 is 5.32 Å². The number of hydrogen-bond acceptors (Lipinski definition) is 2. The van der Waals surface area contributed by atoms with Crippen molar-refractivity contribution >= 4 is 35.7 Å². The summed E-state index contributed by atoms with van der Waals surface area (Å²) in [6.45, 7) is 9.19. The Bertz CT molecular complexity index is 564. The summed E-state index contributed by atoms with van der Waals surface area (Å²) in [7, 11) is 0. The Labute approximate surface area is 145 Å². The summed E-state index contributed by atoms with van der Waals surface area (Å²) in [5.74, 6) is 0.673. The monoisotopic (exact) mass is 343 g/mol. The zero-order valence-electron chi connectivity index (χ0n) is 13.3. The highest BCUT2D eigenvalue weighted by atomic mass is 35.5. The number of aromatic amines is 1. The third-order valence-corrected chi connectivity index (χ3v) is 4.67. The van der Waals surface area contributed by atoms with Gasteiger partial charge in [-0.15, -0.1) is 24.8 Å². The minimum atomic E-state index is 0. The Morgan fingerprint density at radius 3 is 2.50 bits per heavy atom. The Kier molecular flexibility index (Phi) is 7.70. The molecule has 2 atom stereocenters. The number of benzene rings is 1. The van der Waals surface area contributed by atoms with Gasteiger partial charge in [0.25, 0.3) is 0 Å². The number of nitrogens with zero attached hydrogens (tertiary/aromatic N) is 1. The van der Waals surface area contributed by atoms with E-state index in [1.807, 2.05) is 0 Å². The van der Waals surface area contributed by atoms with Gasteiger partial charge in [-0.3, -0.25) is 4.90 Å². The number of nitrogens with one attached hydrogen (secondary N) is 2. The van der Waals surface area contributed by atoms with Gasteiger partial charge >= 0.3 is 0 Å². The second-order valence-corrected chi connectivity index (χ2v) is 5.91. The number of H-pyrrole nitrogens is 1. The molecule has 0 amide bonds. The zero-order valence-corrected chi connectivity index (χ0v) is 15.0. The van der Waals surface area contributed by atoms with Crippen molar-refractivity contribution < 1.29 is 0 Å². The summed E-state index contributed by atoms with van der Waals surface area (Å²) < 4.78 is 0. The highest BCUT2D eigenvalue weighted by molar-refractivity contribution is 5.85. The molecule has 2 N–H and O–H groups in total. The molecule has 124 valence electrons. The highest BCUT2D eigenvalue weighted by Gasteiger charge is 2.28. The lowest BCUT2D eigenvalue weighted by molar-refractivity contribution is 0.129. The van der Waals surface area contributed by atoms with Crippen molar-refractivity contribution in [3.63, 3.8) is 0 Å². The standard InChI is InChI=1S/C17H25N3.2ClH/c1-3-13(2)17(20-10-8-18-9-11-20)15-12-19-16-7-5-4-6-14(15)16;;/h4-7,12-13,17-19H,3,8-11H2,1-2H3;2*1H/t13?,17-;;/m1../s1. The molecule has 1 fully saturated rings. The molecule has 1 unspecified atom stereocenters. The van der Waals surface area contributed by atoms with Gasteiger partial charge in [-0.2, -0.15) is 0 Å². The number of halogens is 2. The Balaban J connectivity index is 0.00000121. The van der Waals surface area contributed by atoms with Crippen molar-refractivity contribution in [2.45, 2.75) is 26.3 Å². The van der Waals surface area contributed by atoms with Gasteiger partial charge in [-0.1, -0.05) is 38.5 Å². The summed E-state index contributed by atoms with van der Waals surface area (Å²) in [5.41, 5.74) is 2.72. The molecule has 0 bridgehead atoms. The molecule has 2 aromatic rings. The van der Waals surface area contributed by atoms with Crippen molar-refractivity contribution in [3.05, 3.63) is 36.0 Å². The fraction of sp³-hybridized carbons (Fsp3) is 0.529. The molecule has 0 spiro atoms. The van der Waals surface area contributed by atoms with Crippen LogP contribution >= 0.6 is 24.8 Å². The first-order valence-corrected chi connectivity index (χ1v) is 7.82. The van der Waals surface area contributed by atoms with Gasteiger partial charge in [-0.05, 0) is 17.5 Å². The van der Waals surface area contributed by atoms with E-state index in [0.717, 1.165) is 26.2 Å². The molecule has 2 heterocycles. The van der Waals surface area contributed by atoms with Crippen LogP contribution in [0.5, 0.6) is 0 Å². The first-order valence-electron chi connectivity index (χ1n) is 7.82. The van der Waals surface area contributed by atoms with E-state index in [1.54, 1.807) is 0 Å². The van der Waals surface area contributed by atoms with E-state index in [9.17, 15) is 0 Å². The van der Waals surface area contributed by atoms with Gasteiger partial charge in [0.05, 0.1) is 0 Å². The number of piperazine rings is 1. The fourth-order valence-corrected chi connectivity index (χ4v) is 3.39. The number of para-hydroxylation sites is 1. The van der Waals surface area contributed by atoms with Crippen LogP contribution in [-0.4, -0.2) is 36.1 Å². The SMILES string of the molecule is CCC(C)[C@H](c1c[nH]c2ccccc12)N1CCNCC1.Cl.Cl. The minimum absolute atomic E-state index is 0. The van der Waals surface area contributed by atoms with Crippen LogP contribution in [0.25, 0.3) is 10.9 Å². The van der Waals surface area contributed by atoms with E-state index in [-0.39, 0.29) is 24.8 Å². The molecule has 1 aromatic carbocycles. The van der Waals surface area contributed by atoms with Crippen molar-refractivity contribution in [1.29, 1.82) is 0 Å². The van der Waals surface area contributed by atoms with Gasteiger partial charge in [0.1, 0.15) is 0 Å². The van der Waals surface area contributed by atoms with E-state index in [0.29, 0.717) is 12.0 Å². The Hall–Kier alpha value is -0.740. The topological polar surface area (TPSA) is 31.1 Å². The zero-order chi connectivity index (χ0) is 13.9. The second kappa shape index (κ2) is 8.78. The van der Waals surface area contributed by atoms with Crippen molar-refractivity contribution in [2.75, 3.05) is 26.2 Å². The van der Waals surface area contributed by atoms with Crippen molar-refractivity contribution in [1.82, 2.24) is 15.2 Å². The number of fused-ring (bicyclic) bond motifs is 1. The predicted molar refractivity (Wildman–Crippen MR) is 99.4 cm³/mol. The van der Waals surface area contributed by atoms with Gasteiger partial charge < -0.3 is 10.3 Å².